The van der Waals surface area contributed by atoms with Gasteiger partial charge in [0, 0.05) is 24.0 Å². The van der Waals surface area contributed by atoms with Crippen molar-refractivity contribution in [2.45, 2.75) is 6.54 Å². The van der Waals surface area contributed by atoms with Crippen LogP contribution in [0.4, 0.5) is 11.4 Å². The summed E-state index contributed by atoms with van der Waals surface area (Å²) in [5, 5.41) is 39.6. The number of rotatable bonds is 7. The van der Waals surface area contributed by atoms with E-state index in [-0.39, 0.29) is 5.56 Å². The molecule has 30 heavy (non-hydrogen) atoms. The van der Waals surface area contributed by atoms with Crippen LogP contribution in [-0.4, -0.2) is 36.9 Å². The van der Waals surface area contributed by atoms with Gasteiger partial charge in [0.15, 0.2) is 0 Å². The molecular weight excluding hydrogens is 396 g/mol. The highest BCUT2D eigenvalue weighted by atomic mass is 16.6. The van der Waals surface area contributed by atoms with Crippen molar-refractivity contribution in [2.24, 2.45) is 5.10 Å². The van der Waals surface area contributed by atoms with Crippen LogP contribution in [0.25, 0.3) is 0 Å². The van der Waals surface area contributed by atoms with Crippen molar-refractivity contribution in [1.82, 2.24) is 15.2 Å². The van der Waals surface area contributed by atoms with Gasteiger partial charge in [-0.25, -0.2) is 5.43 Å². The molecule has 12 heteroatoms. The predicted molar refractivity (Wildman–Crippen MR) is 104 cm³/mol. The number of nitro groups is 2. The molecule has 1 heterocycles. The summed E-state index contributed by atoms with van der Waals surface area (Å²) in [5.41, 5.74) is 1.60. The number of benzene rings is 2. The van der Waals surface area contributed by atoms with Gasteiger partial charge in [-0.3, -0.25) is 29.7 Å². The molecule has 0 saturated carbocycles. The number of non-ortho nitro benzene ring substituents is 1. The Morgan fingerprint density at radius 3 is 2.67 bits per heavy atom. The first kappa shape index (κ1) is 20.1. The monoisotopic (exact) mass is 410 g/mol. The fourth-order valence-corrected chi connectivity index (χ4v) is 2.59. The fraction of sp³-hybridized carbons (Fsp3) is 0.0556. The van der Waals surface area contributed by atoms with E-state index in [1.807, 2.05) is 6.07 Å². The Bertz CT molecular complexity index is 1140. The number of nitro benzene ring substituents is 2. The lowest BCUT2D eigenvalue weighted by atomic mass is 10.1. The zero-order valence-electron chi connectivity index (χ0n) is 15.2. The van der Waals surface area contributed by atoms with Gasteiger partial charge >= 0.3 is 5.69 Å². The summed E-state index contributed by atoms with van der Waals surface area (Å²) in [6.07, 6.45) is 4.31. The van der Waals surface area contributed by atoms with E-state index in [1.165, 1.54) is 0 Å². The predicted octanol–water partition coefficient (Wildman–Crippen LogP) is 2.22. The van der Waals surface area contributed by atoms with Crippen molar-refractivity contribution < 1.29 is 19.7 Å². The normalized spacial score (nSPS) is 10.8. The molecule has 0 aliphatic rings. The van der Waals surface area contributed by atoms with E-state index in [4.69, 9.17) is 0 Å². The lowest BCUT2D eigenvalue weighted by molar-refractivity contribution is -0.394. The van der Waals surface area contributed by atoms with Crippen LogP contribution in [0.1, 0.15) is 21.5 Å². The highest BCUT2D eigenvalue weighted by molar-refractivity contribution is 5.95. The van der Waals surface area contributed by atoms with Crippen LogP contribution >= 0.6 is 0 Å². The Balaban J connectivity index is 1.76. The molecule has 2 aromatic carbocycles. The summed E-state index contributed by atoms with van der Waals surface area (Å²) in [7, 11) is 0. The van der Waals surface area contributed by atoms with E-state index in [2.05, 4.69) is 15.6 Å². The SMILES string of the molecule is O=C(NN=Cc1cc([N+](=O)[O-])cc([N+](=O)[O-])c1O)c1cccc(Cn2cccn2)c1. The van der Waals surface area contributed by atoms with Crippen LogP contribution in [-0.2, 0) is 6.54 Å². The number of aromatic nitrogens is 2. The molecule has 0 saturated heterocycles. The molecule has 2 N–H and O–H groups in total. The molecule has 0 spiro atoms. The van der Waals surface area contributed by atoms with Gasteiger partial charge in [0.1, 0.15) is 0 Å². The second-order valence-corrected chi connectivity index (χ2v) is 6.02. The molecule has 3 rings (SSSR count). The van der Waals surface area contributed by atoms with E-state index in [0.717, 1.165) is 17.8 Å². The highest BCUT2D eigenvalue weighted by Crippen LogP contribution is 2.33. The van der Waals surface area contributed by atoms with Crippen molar-refractivity contribution in [3.05, 3.63) is 91.8 Å². The quantitative estimate of drug-likeness (QED) is 0.342. The molecule has 0 fully saturated rings. The summed E-state index contributed by atoms with van der Waals surface area (Å²) in [4.78, 5) is 32.4. The van der Waals surface area contributed by atoms with E-state index >= 15 is 0 Å². The fourth-order valence-electron chi connectivity index (χ4n) is 2.59. The number of phenols is 1. The van der Waals surface area contributed by atoms with Crippen molar-refractivity contribution in [2.75, 3.05) is 0 Å². The minimum absolute atomic E-state index is 0.288. The van der Waals surface area contributed by atoms with Crippen LogP contribution in [0.2, 0.25) is 0 Å². The molecule has 0 unspecified atom stereocenters. The van der Waals surface area contributed by atoms with Crippen LogP contribution in [0.3, 0.4) is 0 Å². The van der Waals surface area contributed by atoms with Gasteiger partial charge < -0.3 is 5.11 Å². The molecule has 3 aromatic rings. The number of carbonyl (C=O) groups is 1. The molecule has 0 radical (unpaired) electrons. The number of hydrazone groups is 1. The van der Waals surface area contributed by atoms with Crippen LogP contribution in [0.5, 0.6) is 5.75 Å². The first-order chi connectivity index (χ1) is 14.3. The highest BCUT2D eigenvalue weighted by Gasteiger charge is 2.23. The summed E-state index contributed by atoms with van der Waals surface area (Å²) in [5.74, 6) is -1.38. The number of hydrogen-bond donors (Lipinski definition) is 2. The van der Waals surface area contributed by atoms with Crippen LogP contribution < -0.4 is 5.43 Å². The van der Waals surface area contributed by atoms with Crippen molar-refractivity contribution in [1.29, 1.82) is 0 Å². The van der Waals surface area contributed by atoms with Gasteiger partial charge in [0.2, 0.25) is 5.75 Å². The lowest BCUT2D eigenvalue weighted by Gasteiger charge is -2.05. The maximum Gasteiger partial charge on any atom is 0.318 e. The van der Waals surface area contributed by atoms with E-state index in [0.29, 0.717) is 18.2 Å². The van der Waals surface area contributed by atoms with Crippen LogP contribution in [0.15, 0.2) is 60.0 Å². The average molecular weight is 410 g/mol. The zero-order chi connectivity index (χ0) is 21.7. The molecule has 0 aliphatic carbocycles. The van der Waals surface area contributed by atoms with Crippen molar-refractivity contribution in [3.63, 3.8) is 0 Å². The number of nitrogens with one attached hydrogen (secondary N) is 1. The van der Waals surface area contributed by atoms with Gasteiger partial charge in [-0.05, 0) is 23.8 Å². The van der Waals surface area contributed by atoms with Gasteiger partial charge in [-0.15, -0.1) is 0 Å². The van der Waals surface area contributed by atoms with Crippen molar-refractivity contribution >= 4 is 23.5 Å². The molecule has 12 nitrogen and oxygen atoms in total. The minimum atomic E-state index is -0.955. The largest absolute Gasteiger partial charge is 0.502 e. The molecule has 0 atom stereocenters. The van der Waals surface area contributed by atoms with Gasteiger partial charge in [-0.2, -0.15) is 10.2 Å². The topological polar surface area (TPSA) is 166 Å². The Morgan fingerprint density at radius 2 is 2.00 bits per heavy atom. The number of aromatic hydroxyl groups is 1. The molecular formula is C18H14N6O6. The average Bonchev–Trinajstić information content (AvgIpc) is 3.22. The Morgan fingerprint density at radius 1 is 1.20 bits per heavy atom. The second kappa shape index (κ2) is 8.60. The first-order valence-corrected chi connectivity index (χ1v) is 8.40. The van der Waals surface area contributed by atoms with Gasteiger partial charge in [0.05, 0.1) is 34.2 Å². The third-order valence-corrected chi connectivity index (χ3v) is 3.97. The number of hydrogen-bond acceptors (Lipinski definition) is 8. The van der Waals surface area contributed by atoms with Gasteiger partial charge in [0.25, 0.3) is 11.6 Å². The lowest BCUT2D eigenvalue weighted by Crippen LogP contribution is -2.18. The molecule has 0 aliphatic heterocycles. The number of phenolic OH excluding ortho intramolecular Hbond substituents is 1. The van der Waals surface area contributed by atoms with Crippen LogP contribution in [0, 0.1) is 20.2 Å². The summed E-state index contributed by atoms with van der Waals surface area (Å²) < 4.78 is 1.69. The summed E-state index contributed by atoms with van der Waals surface area (Å²) in [6, 6.07) is 10.0. The second-order valence-electron chi connectivity index (χ2n) is 6.02. The summed E-state index contributed by atoms with van der Waals surface area (Å²) >= 11 is 0. The Kier molecular flexibility index (Phi) is 5.77. The zero-order valence-corrected chi connectivity index (χ0v) is 15.2. The Hall–Kier alpha value is -4.61. The number of amides is 1. The third kappa shape index (κ3) is 4.62. The van der Waals surface area contributed by atoms with Gasteiger partial charge in [-0.1, -0.05) is 12.1 Å². The standard InChI is InChI=1S/C18H14N6O6/c25-17-14(8-15(23(27)28)9-16(17)24(29)30)10-19-21-18(26)13-4-1-3-12(7-13)11-22-6-2-5-20-22/h1-10,25H,11H2,(H,21,26). The number of nitrogens with zero attached hydrogens (tertiary/aromatic N) is 5. The Labute approximate surface area is 168 Å². The maximum atomic E-state index is 12.3. The maximum absolute atomic E-state index is 12.3. The molecule has 152 valence electrons. The number of carbonyl (C=O) groups excluding carboxylic acids is 1. The summed E-state index contributed by atoms with van der Waals surface area (Å²) in [6.45, 7) is 0.461. The first-order valence-electron chi connectivity index (χ1n) is 8.40. The van der Waals surface area contributed by atoms with Crippen molar-refractivity contribution in [3.8, 4) is 5.75 Å². The van der Waals surface area contributed by atoms with E-state index in [9.17, 15) is 30.1 Å². The smallest absolute Gasteiger partial charge is 0.318 e. The minimum Gasteiger partial charge on any atom is -0.502 e. The molecule has 0 bridgehead atoms. The third-order valence-electron chi connectivity index (χ3n) is 3.97. The molecule has 1 amide bonds. The molecule has 1 aromatic heterocycles. The van der Waals surface area contributed by atoms with E-state index < -0.39 is 32.9 Å². The van der Waals surface area contributed by atoms with E-state index in [1.54, 1.807) is 41.3 Å².